The van der Waals surface area contributed by atoms with E-state index in [2.05, 4.69) is 10.2 Å². The molecule has 0 spiro atoms. The van der Waals surface area contributed by atoms with Crippen LogP contribution in [-0.4, -0.2) is 26.1 Å². The number of aromatic nitrogens is 3. The van der Waals surface area contributed by atoms with Crippen LogP contribution < -0.4 is 0 Å². The number of aromatic carboxylic acids is 1. The smallest absolute Gasteiger partial charge is 0.358 e. The maximum absolute atomic E-state index is 11.0. The van der Waals surface area contributed by atoms with E-state index in [-0.39, 0.29) is 5.69 Å². The van der Waals surface area contributed by atoms with Gasteiger partial charge in [-0.1, -0.05) is 19.3 Å². The second-order valence-corrected chi connectivity index (χ2v) is 4.06. The molecule has 1 aliphatic rings. The Hall–Kier alpha value is -1.39. The largest absolute Gasteiger partial charge is 0.476 e. The fourth-order valence-corrected chi connectivity index (χ4v) is 2.22. The first-order valence-corrected chi connectivity index (χ1v) is 5.33. The number of carboxylic acid groups (broad SMARTS) is 1. The van der Waals surface area contributed by atoms with E-state index in [1.165, 1.54) is 24.1 Å². The molecular formula is C10H15N3O2. The van der Waals surface area contributed by atoms with Crippen LogP contribution in [0.15, 0.2) is 0 Å². The second kappa shape index (κ2) is 4.00. The molecule has 0 atom stereocenters. The van der Waals surface area contributed by atoms with Gasteiger partial charge in [-0.05, 0) is 12.8 Å². The van der Waals surface area contributed by atoms with E-state index in [9.17, 15) is 4.79 Å². The minimum absolute atomic E-state index is 0.129. The minimum atomic E-state index is -0.969. The number of rotatable bonds is 2. The molecule has 0 saturated heterocycles. The van der Waals surface area contributed by atoms with Gasteiger partial charge in [0.1, 0.15) is 5.69 Å². The fraction of sp³-hybridized carbons (Fsp3) is 0.700. The number of hydrogen-bond donors (Lipinski definition) is 1. The summed E-state index contributed by atoms with van der Waals surface area (Å²) in [5, 5.41) is 17.1. The zero-order chi connectivity index (χ0) is 10.8. The van der Waals surface area contributed by atoms with Crippen LogP contribution in [-0.2, 0) is 7.05 Å². The van der Waals surface area contributed by atoms with Gasteiger partial charge < -0.3 is 5.11 Å². The standard InChI is InChI=1S/C10H15N3O2/c1-13-11-8(9(12-13)10(14)15)7-5-3-2-4-6-7/h7H,2-6H2,1H3,(H,14,15). The van der Waals surface area contributed by atoms with Gasteiger partial charge in [-0.25, -0.2) is 4.79 Å². The van der Waals surface area contributed by atoms with Gasteiger partial charge in [-0.15, -0.1) is 5.10 Å². The first-order chi connectivity index (χ1) is 7.18. The number of carbonyl (C=O) groups is 1. The Morgan fingerprint density at radius 1 is 1.33 bits per heavy atom. The molecule has 1 saturated carbocycles. The van der Waals surface area contributed by atoms with E-state index in [0.717, 1.165) is 12.8 Å². The summed E-state index contributed by atoms with van der Waals surface area (Å²) in [4.78, 5) is 12.3. The maximum atomic E-state index is 11.0. The lowest BCUT2D eigenvalue weighted by molar-refractivity contribution is 0.0687. The summed E-state index contributed by atoms with van der Waals surface area (Å²) in [6.45, 7) is 0. The Morgan fingerprint density at radius 3 is 2.60 bits per heavy atom. The third-order valence-corrected chi connectivity index (χ3v) is 2.93. The Kier molecular flexibility index (Phi) is 2.70. The molecule has 5 nitrogen and oxygen atoms in total. The second-order valence-electron chi connectivity index (χ2n) is 4.06. The first-order valence-electron chi connectivity index (χ1n) is 5.33. The molecule has 1 aromatic rings. The summed E-state index contributed by atoms with van der Waals surface area (Å²) in [6.07, 6.45) is 5.66. The number of aryl methyl sites for hydroxylation is 1. The van der Waals surface area contributed by atoms with E-state index in [1.807, 2.05) is 0 Å². The van der Waals surface area contributed by atoms with Crippen molar-refractivity contribution in [3.8, 4) is 0 Å². The SMILES string of the molecule is Cn1nc(C(=O)O)c(C2CCCCC2)n1. The third-order valence-electron chi connectivity index (χ3n) is 2.93. The maximum Gasteiger partial charge on any atom is 0.358 e. The van der Waals surface area contributed by atoms with Gasteiger partial charge in [0.05, 0.1) is 0 Å². The molecule has 5 heteroatoms. The van der Waals surface area contributed by atoms with Crippen molar-refractivity contribution < 1.29 is 9.90 Å². The van der Waals surface area contributed by atoms with Gasteiger partial charge in [0.2, 0.25) is 0 Å². The summed E-state index contributed by atoms with van der Waals surface area (Å²) in [5.74, 6) is -0.678. The van der Waals surface area contributed by atoms with Crippen molar-refractivity contribution in [2.24, 2.45) is 7.05 Å². The predicted molar refractivity (Wildman–Crippen MR) is 53.8 cm³/mol. The molecule has 0 bridgehead atoms. The van der Waals surface area contributed by atoms with Crippen LogP contribution in [0, 0.1) is 0 Å². The van der Waals surface area contributed by atoms with Gasteiger partial charge in [-0.3, -0.25) is 0 Å². The number of nitrogens with zero attached hydrogens (tertiary/aromatic N) is 3. The van der Waals surface area contributed by atoms with Crippen molar-refractivity contribution >= 4 is 5.97 Å². The molecule has 0 aromatic carbocycles. The van der Waals surface area contributed by atoms with Gasteiger partial charge in [0, 0.05) is 13.0 Å². The number of hydrogen-bond acceptors (Lipinski definition) is 3. The van der Waals surface area contributed by atoms with Gasteiger partial charge in [-0.2, -0.15) is 9.90 Å². The van der Waals surface area contributed by atoms with Gasteiger partial charge in [0.25, 0.3) is 0 Å². The highest BCUT2D eigenvalue weighted by atomic mass is 16.4. The molecule has 0 unspecified atom stereocenters. The quantitative estimate of drug-likeness (QED) is 0.802. The Balaban J connectivity index is 2.28. The van der Waals surface area contributed by atoms with Crippen molar-refractivity contribution in [3.63, 3.8) is 0 Å². The Bertz CT molecular complexity index is 367. The molecule has 0 amide bonds. The molecule has 1 aliphatic carbocycles. The highest BCUT2D eigenvalue weighted by molar-refractivity contribution is 5.86. The molecular weight excluding hydrogens is 194 g/mol. The van der Waals surface area contributed by atoms with Crippen molar-refractivity contribution in [1.29, 1.82) is 0 Å². The number of carboxylic acids is 1. The van der Waals surface area contributed by atoms with Crippen molar-refractivity contribution in [3.05, 3.63) is 11.4 Å². The lowest BCUT2D eigenvalue weighted by Crippen LogP contribution is -2.10. The summed E-state index contributed by atoms with van der Waals surface area (Å²) < 4.78 is 0. The highest BCUT2D eigenvalue weighted by Crippen LogP contribution is 2.32. The third kappa shape index (κ3) is 2.00. The molecule has 82 valence electrons. The Labute approximate surface area is 88.1 Å². The van der Waals surface area contributed by atoms with Crippen molar-refractivity contribution in [2.45, 2.75) is 38.0 Å². The molecule has 1 fully saturated rings. The van der Waals surface area contributed by atoms with E-state index in [4.69, 9.17) is 5.11 Å². The fourth-order valence-electron chi connectivity index (χ4n) is 2.22. The van der Waals surface area contributed by atoms with E-state index in [0.29, 0.717) is 11.6 Å². The lowest BCUT2D eigenvalue weighted by Gasteiger charge is -2.19. The average Bonchev–Trinajstić information content (AvgIpc) is 2.62. The van der Waals surface area contributed by atoms with E-state index >= 15 is 0 Å². The van der Waals surface area contributed by atoms with Crippen LogP contribution in [0.1, 0.15) is 54.2 Å². The van der Waals surface area contributed by atoms with E-state index < -0.39 is 5.97 Å². The minimum Gasteiger partial charge on any atom is -0.476 e. The topological polar surface area (TPSA) is 68.0 Å². The first kappa shape index (κ1) is 10.1. The predicted octanol–water partition coefficient (Wildman–Crippen LogP) is 1.56. The van der Waals surface area contributed by atoms with E-state index in [1.54, 1.807) is 7.05 Å². The molecule has 1 aromatic heterocycles. The molecule has 2 rings (SSSR count). The van der Waals surface area contributed by atoms with Gasteiger partial charge in [0.15, 0.2) is 5.69 Å². The van der Waals surface area contributed by atoms with Crippen molar-refractivity contribution in [2.75, 3.05) is 0 Å². The monoisotopic (exact) mass is 209 g/mol. The normalized spacial score (nSPS) is 17.9. The molecule has 15 heavy (non-hydrogen) atoms. The van der Waals surface area contributed by atoms with Crippen LogP contribution in [0.2, 0.25) is 0 Å². The van der Waals surface area contributed by atoms with Gasteiger partial charge >= 0.3 is 5.97 Å². The van der Waals surface area contributed by atoms with Crippen molar-refractivity contribution in [1.82, 2.24) is 15.0 Å². The molecule has 0 aliphatic heterocycles. The van der Waals surface area contributed by atoms with Crippen LogP contribution in [0.5, 0.6) is 0 Å². The summed E-state index contributed by atoms with van der Waals surface area (Å²) in [5.41, 5.74) is 0.800. The lowest BCUT2D eigenvalue weighted by atomic mass is 9.86. The highest BCUT2D eigenvalue weighted by Gasteiger charge is 2.25. The van der Waals surface area contributed by atoms with Crippen LogP contribution >= 0.6 is 0 Å². The molecule has 1 N–H and O–H groups in total. The average molecular weight is 209 g/mol. The molecule has 1 heterocycles. The zero-order valence-electron chi connectivity index (χ0n) is 8.81. The zero-order valence-corrected chi connectivity index (χ0v) is 8.81. The Morgan fingerprint density at radius 2 is 2.00 bits per heavy atom. The summed E-state index contributed by atoms with van der Waals surface area (Å²) in [7, 11) is 1.67. The van der Waals surface area contributed by atoms with Crippen LogP contribution in [0.3, 0.4) is 0 Å². The molecule has 0 radical (unpaired) electrons. The van der Waals surface area contributed by atoms with Crippen LogP contribution in [0.4, 0.5) is 0 Å². The summed E-state index contributed by atoms with van der Waals surface area (Å²) in [6, 6.07) is 0. The van der Waals surface area contributed by atoms with Crippen LogP contribution in [0.25, 0.3) is 0 Å². The summed E-state index contributed by atoms with van der Waals surface area (Å²) >= 11 is 0.